The highest BCUT2D eigenvalue weighted by Gasteiger charge is 2.17. The maximum Gasteiger partial charge on any atom is 0.312 e. The summed E-state index contributed by atoms with van der Waals surface area (Å²) >= 11 is 5.74. The molecule has 0 aliphatic carbocycles. The second-order valence-electron chi connectivity index (χ2n) is 4.85. The highest BCUT2D eigenvalue weighted by molar-refractivity contribution is 6.30. The number of nitrogens with zero attached hydrogens (tertiary/aromatic N) is 2. The van der Waals surface area contributed by atoms with E-state index in [-0.39, 0.29) is 22.6 Å². The number of aryl methyl sites for hydroxylation is 1. The van der Waals surface area contributed by atoms with Crippen molar-refractivity contribution >= 4 is 23.1 Å². The van der Waals surface area contributed by atoms with Crippen LogP contribution in [0.4, 0.5) is 11.5 Å². The molecular weight excluding hydrogens is 290 g/mol. The quantitative estimate of drug-likeness (QED) is 0.645. The first-order chi connectivity index (χ1) is 10.1. The van der Waals surface area contributed by atoms with Gasteiger partial charge in [0.2, 0.25) is 5.82 Å². The summed E-state index contributed by atoms with van der Waals surface area (Å²) < 4.78 is 0. The van der Waals surface area contributed by atoms with Crippen LogP contribution in [0.5, 0.6) is 0 Å². The van der Waals surface area contributed by atoms with Crippen LogP contribution in [0.25, 0.3) is 0 Å². The van der Waals surface area contributed by atoms with Crippen molar-refractivity contribution in [2.75, 3.05) is 5.32 Å². The van der Waals surface area contributed by atoms with Gasteiger partial charge in [-0.1, -0.05) is 41.9 Å². The summed E-state index contributed by atoms with van der Waals surface area (Å²) in [6, 6.07) is 11.5. The Morgan fingerprint density at radius 3 is 2.76 bits per heavy atom. The Balaban J connectivity index is 1.99. The third-order valence-electron chi connectivity index (χ3n) is 3.12. The van der Waals surface area contributed by atoms with Gasteiger partial charge in [-0.25, -0.2) is 4.98 Å². The van der Waals surface area contributed by atoms with E-state index in [1.165, 1.54) is 17.8 Å². The lowest BCUT2D eigenvalue weighted by Crippen LogP contribution is -2.17. The largest absolute Gasteiger partial charge is 0.362 e. The molecule has 0 amide bonds. The number of halogens is 1. The Labute approximate surface area is 128 Å². The lowest BCUT2D eigenvalue weighted by Gasteiger charge is -2.14. The van der Waals surface area contributed by atoms with Gasteiger partial charge in [0.1, 0.15) is 0 Å². The van der Waals surface area contributed by atoms with Crippen LogP contribution in [0, 0.1) is 10.1 Å². The number of nitrogens with one attached hydrogen (secondary N) is 1. The number of nitro groups is 1. The van der Waals surface area contributed by atoms with Crippen LogP contribution in [0.2, 0.25) is 5.02 Å². The predicted molar refractivity (Wildman–Crippen MR) is 83.7 cm³/mol. The summed E-state index contributed by atoms with van der Waals surface area (Å²) in [6.45, 7) is 1.98. The second kappa shape index (κ2) is 7.04. The Hall–Kier alpha value is -2.14. The topological polar surface area (TPSA) is 68.1 Å². The third kappa shape index (κ3) is 4.43. The SMILES string of the molecule is CC(CCc1ccccc1)Nc1ncc(Cl)cc1[N+](=O)[O-]. The summed E-state index contributed by atoms with van der Waals surface area (Å²) in [4.78, 5) is 14.5. The normalized spacial score (nSPS) is 11.9. The van der Waals surface area contributed by atoms with E-state index in [1.807, 2.05) is 25.1 Å². The Kier molecular flexibility index (Phi) is 5.11. The molecular formula is C15H16ClN3O2. The van der Waals surface area contributed by atoms with E-state index in [4.69, 9.17) is 11.6 Å². The molecule has 0 saturated carbocycles. The summed E-state index contributed by atoms with van der Waals surface area (Å²) in [5, 5.41) is 14.3. The molecule has 6 heteroatoms. The lowest BCUT2D eigenvalue weighted by atomic mass is 10.1. The molecule has 1 aromatic carbocycles. The molecule has 0 radical (unpaired) electrons. The molecule has 0 aliphatic heterocycles. The van der Waals surface area contributed by atoms with E-state index in [0.717, 1.165) is 12.8 Å². The zero-order valence-corrected chi connectivity index (χ0v) is 12.4. The fourth-order valence-electron chi connectivity index (χ4n) is 2.01. The molecule has 0 saturated heterocycles. The van der Waals surface area contributed by atoms with Crippen molar-refractivity contribution in [1.29, 1.82) is 0 Å². The van der Waals surface area contributed by atoms with Gasteiger partial charge in [0, 0.05) is 18.3 Å². The zero-order chi connectivity index (χ0) is 15.2. The van der Waals surface area contributed by atoms with Gasteiger partial charge >= 0.3 is 5.69 Å². The standard InChI is InChI=1S/C15H16ClN3O2/c1-11(7-8-12-5-3-2-4-6-12)18-15-14(19(20)21)9-13(16)10-17-15/h2-6,9-11H,7-8H2,1H3,(H,17,18). The van der Waals surface area contributed by atoms with E-state index < -0.39 is 4.92 Å². The molecule has 0 bridgehead atoms. The first kappa shape index (κ1) is 15.3. The van der Waals surface area contributed by atoms with E-state index in [0.29, 0.717) is 0 Å². The van der Waals surface area contributed by atoms with Gasteiger partial charge in [0.05, 0.1) is 9.95 Å². The summed E-state index contributed by atoms with van der Waals surface area (Å²) in [7, 11) is 0. The van der Waals surface area contributed by atoms with E-state index in [1.54, 1.807) is 0 Å². The number of benzene rings is 1. The van der Waals surface area contributed by atoms with Crippen molar-refractivity contribution in [2.45, 2.75) is 25.8 Å². The van der Waals surface area contributed by atoms with Gasteiger partial charge in [0.25, 0.3) is 0 Å². The molecule has 2 rings (SSSR count). The van der Waals surface area contributed by atoms with Crippen molar-refractivity contribution < 1.29 is 4.92 Å². The molecule has 0 spiro atoms. The first-order valence-corrected chi connectivity index (χ1v) is 7.04. The van der Waals surface area contributed by atoms with Crippen LogP contribution < -0.4 is 5.32 Å². The summed E-state index contributed by atoms with van der Waals surface area (Å²) in [5.74, 6) is 0.255. The molecule has 1 unspecified atom stereocenters. The van der Waals surface area contributed by atoms with Gasteiger partial charge in [-0.2, -0.15) is 0 Å². The van der Waals surface area contributed by atoms with Crippen LogP contribution in [0.1, 0.15) is 18.9 Å². The van der Waals surface area contributed by atoms with E-state index >= 15 is 0 Å². The molecule has 1 N–H and O–H groups in total. The fourth-order valence-corrected chi connectivity index (χ4v) is 2.16. The van der Waals surface area contributed by atoms with Crippen LogP contribution in [0.3, 0.4) is 0 Å². The highest BCUT2D eigenvalue weighted by atomic mass is 35.5. The minimum Gasteiger partial charge on any atom is -0.362 e. The van der Waals surface area contributed by atoms with Gasteiger partial charge in [-0.15, -0.1) is 0 Å². The van der Waals surface area contributed by atoms with Gasteiger partial charge in [0.15, 0.2) is 0 Å². The number of pyridine rings is 1. The molecule has 1 heterocycles. The Morgan fingerprint density at radius 1 is 1.38 bits per heavy atom. The van der Waals surface area contributed by atoms with Crippen LogP contribution in [0.15, 0.2) is 42.6 Å². The first-order valence-electron chi connectivity index (χ1n) is 6.66. The molecule has 0 aliphatic rings. The van der Waals surface area contributed by atoms with E-state index in [2.05, 4.69) is 22.4 Å². The smallest absolute Gasteiger partial charge is 0.312 e. The molecule has 1 aromatic heterocycles. The maximum absolute atomic E-state index is 11.0. The predicted octanol–water partition coefficient (Wildman–Crippen LogP) is 4.08. The van der Waals surface area contributed by atoms with Crippen molar-refractivity contribution in [2.24, 2.45) is 0 Å². The van der Waals surface area contributed by atoms with Crippen LogP contribution in [-0.4, -0.2) is 15.9 Å². The average Bonchev–Trinajstić information content (AvgIpc) is 2.48. The Bertz CT molecular complexity index is 620. The minimum atomic E-state index is -0.481. The van der Waals surface area contributed by atoms with Gasteiger partial charge in [-0.05, 0) is 25.3 Å². The zero-order valence-electron chi connectivity index (χ0n) is 11.6. The number of hydrogen-bond acceptors (Lipinski definition) is 4. The molecule has 2 aromatic rings. The Morgan fingerprint density at radius 2 is 2.10 bits per heavy atom. The monoisotopic (exact) mass is 305 g/mol. The summed E-state index contributed by atoms with van der Waals surface area (Å²) in [5.41, 5.74) is 1.14. The minimum absolute atomic E-state index is 0.0672. The highest BCUT2D eigenvalue weighted by Crippen LogP contribution is 2.26. The molecule has 110 valence electrons. The molecule has 5 nitrogen and oxygen atoms in total. The average molecular weight is 306 g/mol. The van der Waals surface area contributed by atoms with Crippen LogP contribution >= 0.6 is 11.6 Å². The number of aromatic nitrogens is 1. The van der Waals surface area contributed by atoms with Crippen LogP contribution in [-0.2, 0) is 6.42 Å². The fraction of sp³-hybridized carbons (Fsp3) is 0.267. The molecule has 21 heavy (non-hydrogen) atoms. The van der Waals surface area contributed by atoms with Gasteiger partial charge < -0.3 is 5.32 Å². The van der Waals surface area contributed by atoms with Crippen molar-refractivity contribution in [1.82, 2.24) is 4.98 Å². The number of anilines is 1. The molecule has 0 fully saturated rings. The van der Waals surface area contributed by atoms with Gasteiger partial charge in [-0.3, -0.25) is 10.1 Å². The number of rotatable bonds is 6. The molecule has 1 atom stereocenters. The summed E-state index contributed by atoms with van der Waals surface area (Å²) in [6.07, 6.45) is 3.16. The second-order valence-corrected chi connectivity index (χ2v) is 5.28. The third-order valence-corrected chi connectivity index (χ3v) is 3.33. The maximum atomic E-state index is 11.0. The van der Waals surface area contributed by atoms with Crippen molar-refractivity contribution in [3.05, 3.63) is 63.3 Å². The lowest BCUT2D eigenvalue weighted by molar-refractivity contribution is -0.384. The number of hydrogen-bond donors (Lipinski definition) is 1. The van der Waals surface area contributed by atoms with E-state index in [9.17, 15) is 10.1 Å². The van der Waals surface area contributed by atoms with Crippen molar-refractivity contribution in [3.8, 4) is 0 Å². The van der Waals surface area contributed by atoms with Crippen molar-refractivity contribution in [3.63, 3.8) is 0 Å².